The van der Waals surface area contributed by atoms with Crippen molar-refractivity contribution in [2.75, 3.05) is 25.6 Å². The van der Waals surface area contributed by atoms with Crippen LogP contribution in [0.25, 0.3) is 0 Å². The number of rotatable bonds is 8. The molecule has 1 aromatic rings. The number of carbonyl (C=O) groups excluding carboxylic acids is 1. The zero-order chi connectivity index (χ0) is 14.4. The van der Waals surface area contributed by atoms with Crippen molar-refractivity contribution >= 4 is 11.7 Å². The van der Waals surface area contributed by atoms with E-state index in [1.54, 1.807) is 0 Å². The molecule has 0 bridgehead atoms. The van der Waals surface area contributed by atoms with Gasteiger partial charge in [0, 0.05) is 12.3 Å². The van der Waals surface area contributed by atoms with Gasteiger partial charge < -0.3 is 15.2 Å². The van der Waals surface area contributed by atoms with Gasteiger partial charge in [-0.15, -0.1) is 0 Å². The van der Waals surface area contributed by atoms with E-state index in [1.807, 2.05) is 24.3 Å². The van der Waals surface area contributed by atoms with Crippen molar-refractivity contribution in [1.29, 1.82) is 0 Å². The zero-order valence-corrected chi connectivity index (χ0v) is 12.1. The van der Waals surface area contributed by atoms with E-state index in [9.17, 15) is 4.79 Å². The van der Waals surface area contributed by atoms with E-state index in [1.165, 1.54) is 0 Å². The molecule has 1 fully saturated rings. The first kappa shape index (κ1) is 14.9. The molecule has 4 heteroatoms. The second kappa shape index (κ2) is 6.75. The van der Waals surface area contributed by atoms with Crippen molar-refractivity contribution < 1.29 is 14.3 Å². The maximum atomic E-state index is 12.2. The van der Waals surface area contributed by atoms with Crippen LogP contribution in [-0.4, -0.2) is 25.8 Å². The Labute approximate surface area is 120 Å². The lowest BCUT2D eigenvalue weighted by Gasteiger charge is -2.15. The maximum absolute atomic E-state index is 12.2. The molecule has 1 aliphatic rings. The lowest BCUT2D eigenvalue weighted by molar-refractivity contribution is -0.148. The number of hydrogen-bond donors (Lipinski definition) is 1. The minimum absolute atomic E-state index is 0.138. The molecule has 0 amide bonds. The first-order chi connectivity index (χ1) is 9.69. The Morgan fingerprint density at radius 1 is 1.20 bits per heavy atom. The lowest BCUT2D eigenvalue weighted by Crippen LogP contribution is -2.24. The number of nitrogen functional groups attached to an aromatic ring is 1. The van der Waals surface area contributed by atoms with Crippen molar-refractivity contribution in [3.8, 4) is 0 Å². The van der Waals surface area contributed by atoms with Gasteiger partial charge in [-0.2, -0.15) is 0 Å². The van der Waals surface area contributed by atoms with E-state index in [2.05, 4.69) is 6.92 Å². The van der Waals surface area contributed by atoms with Gasteiger partial charge in [-0.3, -0.25) is 4.79 Å². The number of hydrogen-bond acceptors (Lipinski definition) is 4. The van der Waals surface area contributed by atoms with Crippen LogP contribution < -0.4 is 5.73 Å². The highest BCUT2D eigenvalue weighted by molar-refractivity contribution is 5.86. The Morgan fingerprint density at radius 2 is 1.90 bits per heavy atom. The third-order valence-corrected chi connectivity index (χ3v) is 3.71. The molecule has 0 radical (unpaired) electrons. The molecule has 0 unspecified atom stereocenters. The first-order valence-electron chi connectivity index (χ1n) is 7.30. The minimum Gasteiger partial charge on any atom is -0.463 e. The molecule has 0 saturated heterocycles. The van der Waals surface area contributed by atoms with Crippen molar-refractivity contribution in [1.82, 2.24) is 0 Å². The second-order valence-corrected chi connectivity index (χ2v) is 5.31. The van der Waals surface area contributed by atoms with Crippen LogP contribution in [0, 0.1) is 0 Å². The molecule has 0 atom stereocenters. The molecule has 20 heavy (non-hydrogen) atoms. The van der Waals surface area contributed by atoms with Crippen molar-refractivity contribution in [3.05, 3.63) is 29.8 Å². The number of unbranched alkanes of at least 4 members (excludes halogenated alkanes) is 1. The highest BCUT2D eigenvalue weighted by atomic mass is 16.6. The van der Waals surface area contributed by atoms with Gasteiger partial charge in [-0.05, 0) is 37.0 Å². The van der Waals surface area contributed by atoms with Crippen LogP contribution in [0.4, 0.5) is 5.69 Å². The quantitative estimate of drug-likeness (QED) is 0.451. The summed E-state index contributed by atoms with van der Waals surface area (Å²) in [6.07, 6.45) is 3.86. The standard InChI is InChI=1S/C16H23NO3/c1-2-3-10-19-11-12-20-15(18)16(8-9-16)13-4-6-14(17)7-5-13/h4-7H,2-3,8-12,17H2,1H3. The SMILES string of the molecule is CCCCOCCOC(=O)C1(c2ccc(N)cc2)CC1. The molecule has 0 aliphatic heterocycles. The number of benzene rings is 1. The van der Waals surface area contributed by atoms with Crippen LogP contribution in [0.2, 0.25) is 0 Å². The van der Waals surface area contributed by atoms with Crippen molar-refractivity contribution in [2.24, 2.45) is 0 Å². The molecular formula is C16H23NO3. The predicted octanol–water partition coefficient (Wildman–Crippen LogP) is 2.66. The third-order valence-electron chi connectivity index (χ3n) is 3.71. The van der Waals surface area contributed by atoms with E-state index < -0.39 is 5.41 Å². The largest absolute Gasteiger partial charge is 0.463 e. The Morgan fingerprint density at radius 3 is 2.50 bits per heavy atom. The number of ether oxygens (including phenoxy) is 2. The molecule has 110 valence electrons. The minimum atomic E-state index is -0.433. The van der Waals surface area contributed by atoms with Gasteiger partial charge in [0.1, 0.15) is 6.61 Å². The lowest BCUT2D eigenvalue weighted by atomic mass is 9.96. The van der Waals surface area contributed by atoms with E-state index >= 15 is 0 Å². The number of esters is 1. The summed E-state index contributed by atoms with van der Waals surface area (Å²) in [5, 5.41) is 0. The summed E-state index contributed by atoms with van der Waals surface area (Å²) < 4.78 is 10.7. The van der Waals surface area contributed by atoms with Crippen molar-refractivity contribution in [2.45, 2.75) is 38.0 Å². The molecule has 0 aromatic heterocycles. The summed E-state index contributed by atoms with van der Waals surface area (Å²) in [7, 11) is 0. The van der Waals surface area contributed by atoms with E-state index in [0.717, 1.165) is 37.9 Å². The normalized spacial score (nSPS) is 15.8. The average Bonchev–Trinajstić information content (AvgIpc) is 3.25. The summed E-state index contributed by atoms with van der Waals surface area (Å²) in [5.74, 6) is -0.138. The zero-order valence-electron chi connectivity index (χ0n) is 12.1. The fraction of sp³-hybridized carbons (Fsp3) is 0.562. The summed E-state index contributed by atoms with van der Waals surface area (Å²) >= 11 is 0. The van der Waals surface area contributed by atoms with Gasteiger partial charge in [0.25, 0.3) is 0 Å². The van der Waals surface area contributed by atoms with Gasteiger partial charge in [-0.25, -0.2) is 0 Å². The third kappa shape index (κ3) is 3.51. The van der Waals surface area contributed by atoms with Crippen LogP contribution in [-0.2, 0) is 19.7 Å². The Bertz CT molecular complexity index is 438. The van der Waals surface area contributed by atoms with E-state index in [-0.39, 0.29) is 5.97 Å². The topological polar surface area (TPSA) is 61.5 Å². The Kier molecular flexibility index (Phi) is 5.01. The molecule has 1 aliphatic carbocycles. The monoisotopic (exact) mass is 277 g/mol. The van der Waals surface area contributed by atoms with Gasteiger partial charge in [0.05, 0.1) is 12.0 Å². The number of anilines is 1. The van der Waals surface area contributed by atoms with Gasteiger partial charge in [-0.1, -0.05) is 25.5 Å². The number of nitrogens with two attached hydrogens (primary N) is 1. The summed E-state index contributed by atoms with van der Waals surface area (Å²) in [5.41, 5.74) is 6.95. The molecule has 2 N–H and O–H groups in total. The molecule has 0 heterocycles. The molecule has 2 rings (SSSR count). The molecule has 1 aromatic carbocycles. The van der Waals surface area contributed by atoms with Gasteiger partial charge in [0.15, 0.2) is 0 Å². The molecule has 0 spiro atoms. The number of carbonyl (C=O) groups is 1. The molecular weight excluding hydrogens is 254 g/mol. The fourth-order valence-corrected chi connectivity index (χ4v) is 2.22. The first-order valence-corrected chi connectivity index (χ1v) is 7.30. The molecule has 1 saturated carbocycles. The Hall–Kier alpha value is -1.55. The highest BCUT2D eigenvalue weighted by Crippen LogP contribution is 2.49. The maximum Gasteiger partial charge on any atom is 0.316 e. The second-order valence-electron chi connectivity index (χ2n) is 5.31. The predicted molar refractivity (Wildman–Crippen MR) is 78.5 cm³/mol. The van der Waals surface area contributed by atoms with Crippen LogP contribution in [0.1, 0.15) is 38.2 Å². The summed E-state index contributed by atoms with van der Waals surface area (Å²) in [6, 6.07) is 7.50. The smallest absolute Gasteiger partial charge is 0.316 e. The van der Waals surface area contributed by atoms with Crippen molar-refractivity contribution in [3.63, 3.8) is 0 Å². The van der Waals surface area contributed by atoms with Crippen LogP contribution in [0.5, 0.6) is 0 Å². The Balaban J connectivity index is 1.78. The van der Waals surface area contributed by atoms with Gasteiger partial charge >= 0.3 is 5.97 Å². The van der Waals surface area contributed by atoms with E-state index in [4.69, 9.17) is 15.2 Å². The van der Waals surface area contributed by atoms with Crippen LogP contribution in [0.3, 0.4) is 0 Å². The molecule has 4 nitrogen and oxygen atoms in total. The van der Waals surface area contributed by atoms with Crippen LogP contribution in [0.15, 0.2) is 24.3 Å². The highest BCUT2D eigenvalue weighted by Gasteiger charge is 2.52. The van der Waals surface area contributed by atoms with Crippen LogP contribution >= 0.6 is 0 Å². The fourth-order valence-electron chi connectivity index (χ4n) is 2.22. The summed E-state index contributed by atoms with van der Waals surface area (Å²) in [4.78, 5) is 12.2. The van der Waals surface area contributed by atoms with E-state index in [0.29, 0.717) is 18.9 Å². The summed E-state index contributed by atoms with van der Waals surface area (Å²) in [6.45, 7) is 3.66. The van der Waals surface area contributed by atoms with Gasteiger partial charge in [0.2, 0.25) is 0 Å². The average molecular weight is 277 g/mol.